The summed E-state index contributed by atoms with van der Waals surface area (Å²) in [7, 11) is 1.60. The quantitative estimate of drug-likeness (QED) is 0.625. The Bertz CT molecular complexity index is 930. The Kier molecular flexibility index (Phi) is 6.98. The van der Waals surface area contributed by atoms with Crippen molar-refractivity contribution < 1.29 is 19.4 Å². The minimum Gasteiger partial charge on any atom is -0.493 e. The van der Waals surface area contributed by atoms with Crippen LogP contribution in [-0.2, 0) is 4.79 Å². The first-order chi connectivity index (χ1) is 15.4. The zero-order valence-electron chi connectivity index (χ0n) is 19.1. The lowest BCUT2D eigenvalue weighted by atomic mass is 10.1. The molecule has 2 N–H and O–H groups in total. The summed E-state index contributed by atoms with van der Waals surface area (Å²) in [5, 5.41) is 13.6. The van der Waals surface area contributed by atoms with E-state index in [-0.39, 0.29) is 12.5 Å². The molecular weight excluding hydrogens is 406 g/mol. The molecule has 0 spiro atoms. The first-order valence-electron chi connectivity index (χ1n) is 11.2. The van der Waals surface area contributed by atoms with Crippen molar-refractivity contribution in [1.29, 1.82) is 0 Å². The molecule has 7 nitrogen and oxygen atoms in total. The number of hydrogen-bond donors (Lipinski definition) is 2. The number of fused-ring (bicyclic) bond motifs is 2. The summed E-state index contributed by atoms with van der Waals surface area (Å²) in [5.41, 5.74) is 3.08. The maximum Gasteiger partial charge on any atom is 0.238 e. The minimum atomic E-state index is -0.583. The minimum absolute atomic E-state index is 0.0340. The highest BCUT2D eigenvalue weighted by Crippen LogP contribution is 2.31. The molecule has 3 atom stereocenters. The summed E-state index contributed by atoms with van der Waals surface area (Å²) < 4.78 is 11.1. The monoisotopic (exact) mass is 439 g/mol. The molecule has 2 heterocycles. The number of piperazine rings is 1. The highest BCUT2D eigenvalue weighted by Gasteiger charge is 2.44. The van der Waals surface area contributed by atoms with Crippen LogP contribution in [0.3, 0.4) is 0 Å². The number of aliphatic hydroxyl groups is 1. The predicted molar refractivity (Wildman–Crippen MR) is 124 cm³/mol. The highest BCUT2D eigenvalue weighted by molar-refractivity contribution is 5.93. The van der Waals surface area contributed by atoms with Gasteiger partial charge in [0, 0.05) is 37.4 Å². The van der Waals surface area contributed by atoms with Gasteiger partial charge in [0.1, 0.15) is 12.7 Å². The van der Waals surface area contributed by atoms with Gasteiger partial charge in [0.25, 0.3) is 0 Å². The number of amides is 1. The van der Waals surface area contributed by atoms with Crippen LogP contribution in [0.2, 0.25) is 0 Å². The second-order valence-corrected chi connectivity index (χ2v) is 8.86. The Labute approximate surface area is 189 Å². The van der Waals surface area contributed by atoms with Crippen LogP contribution >= 0.6 is 0 Å². The van der Waals surface area contributed by atoms with Gasteiger partial charge in [0.05, 0.1) is 13.7 Å². The SMILES string of the molecule is COc1ccccc1OC[C@@H](O)CN1C[C@@H]2C[C@H]1CN2CC(=O)Nc1c(C)cccc1C. The smallest absolute Gasteiger partial charge is 0.238 e. The van der Waals surface area contributed by atoms with Gasteiger partial charge in [-0.1, -0.05) is 30.3 Å². The van der Waals surface area contributed by atoms with Crippen molar-refractivity contribution in [3.63, 3.8) is 0 Å². The molecule has 2 fully saturated rings. The first-order valence-corrected chi connectivity index (χ1v) is 11.2. The van der Waals surface area contributed by atoms with Crippen LogP contribution in [0, 0.1) is 13.8 Å². The number of hydrogen-bond acceptors (Lipinski definition) is 6. The van der Waals surface area contributed by atoms with Crippen molar-refractivity contribution in [2.75, 3.05) is 45.2 Å². The van der Waals surface area contributed by atoms with Crippen LogP contribution in [0.4, 0.5) is 5.69 Å². The Morgan fingerprint density at radius 1 is 1.06 bits per heavy atom. The lowest BCUT2D eigenvalue weighted by Crippen LogP contribution is -2.50. The molecule has 0 unspecified atom stereocenters. The first kappa shape index (κ1) is 22.6. The third-order valence-electron chi connectivity index (χ3n) is 6.51. The number of anilines is 1. The van der Waals surface area contributed by atoms with Gasteiger partial charge in [0.2, 0.25) is 5.91 Å². The normalized spacial score (nSPS) is 21.5. The number of rotatable bonds is 9. The fourth-order valence-electron chi connectivity index (χ4n) is 4.87. The fourth-order valence-corrected chi connectivity index (χ4v) is 4.87. The summed E-state index contributed by atoms with van der Waals surface area (Å²) in [6.07, 6.45) is 0.455. The number of carbonyl (C=O) groups excluding carboxylic acids is 1. The van der Waals surface area contributed by atoms with E-state index in [1.54, 1.807) is 7.11 Å². The number of methoxy groups -OCH3 is 1. The Balaban J connectivity index is 1.23. The van der Waals surface area contributed by atoms with Crippen molar-refractivity contribution in [1.82, 2.24) is 9.80 Å². The van der Waals surface area contributed by atoms with E-state index in [4.69, 9.17) is 9.47 Å². The number of aliphatic hydroxyl groups excluding tert-OH is 1. The van der Waals surface area contributed by atoms with E-state index < -0.39 is 6.10 Å². The third kappa shape index (κ3) is 5.06. The van der Waals surface area contributed by atoms with Crippen LogP contribution < -0.4 is 14.8 Å². The van der Waals surface area contributed by atoms with Crippen molar-refractivity contribution in [2.24, 2.45) is 0 Å². The maximum absolute atomic E-state index is 12.6. The van der Waals surface area contributed by atoms with E-state index >= 15 is 0 Å². The molecule has 0 radical (unpaired) electrons. The molecule has 0 aliphatic carbocycles. The molecule has 2 bridgehead atoms. The van der Waals surface area contributed by atoms with E-state index in [1.807, 2.05) is 56.3 Å². The zero-order valence-corrected chi connectivity index (χ0v) is 19.1. The van der Waals surface area contributed by atoms with Crippen LogP contribution in [0.5, 0.6) is 11.5 Å². The number of ether oxygens (including phenoxy) is 2. The Morgan fingerprint density at radius 3 is 2.38 bits per heavy atom. The van der Waals surface area contributed by atoms with Crippen LogP contribution in [-0.4, -0.2) is 78.9 Å². The van der Waals surface area contributed by atoms with Crippen LogP contribution in [0.1, 0.15) is 17.5 Å². The summed E-state index contributed by atoms with van der Waals surface area (Å²) in [6.45, 7) is 6.94. The van der Waals surface area contributed by atoms with Gasteiger partial charge in [-0.3, -0.25) is 14.6 Å². The molecule has 2 aromatic rings. The van der Waals surface area contributed by atoms with Crippen LogP contribution in [0.15, 0.2) is 42.5 Å². The van der Waals surface area contributed by atoms with E-state index in [2.05, 4.69) is 15.1 Å². The second kappa shape index (κ2) is 9.90. The summed E-state index contributed by atoms with van der Waals surface area (Å²) >= 11 is 0. The molecule has 172 valence electrons. The molecular formula is C25H33N3O4. The number of carbonyl (C=O) groups is 1. The Morgan fingerprint density at radius 2 is 1.72 bits per heavy atom. The van der Waals surface area contributed by atoms with Gasteiger partial charge in [-0.2, -0.15) is 0 Å². The molecule has 2 saturated heterocycles. The topological polar surface area (TPSA) is 74.3 Å². The maximum atomic E-state index is 12.6. The van der Waals surface area contributed by atoms with Crippen molar-refractivity contribution in [3.05, 3.63) is 53.6 Å². The standard InChI is InChI=1S/C25H33N3O4/c1-17-7-6-8-18(2)25(17)26-24(30)15-28-13-19-11-20(28)12-27(19)14-21(29)16-32-23-10-5-4-9-22(23)31-3/h4-10,19-21,29H,11-16H2,1-3H3,(H,26,30)/t19-,20-,21-/m0/s1. The van der Waals surface area contributed by atoms with Gasteiger partial charge >= 0.3 is 0 Å². The molecule has 0 saturated carbocycles. The van der Waals surface area contributed by atoms with Crippen LogP contribution in [0.25, 0.3) is 0 Å². The van der Waals surface area contributed by atoms with E-state index in [0.29, 0.717) is 36.7 Å². The average molecular weight is 440 g/mol. The summed E-state index contributed by atoms with van der Waals surface area (Å²) in [4.78, 5) is 17.2. The average Bonchev–Trinajstić information content (AvgIpc) is 3.35. The van der Waals surface area contributed by atoms with Gasteiger partial charge in [0.15, 0.2) is 11.5 Å². The number of aryl methyl sites for hydroxylation is 2. The van der Waals surface area contributed by atoms with Gasteiger partial charge in [-0.15, -0.1) is 0 Å². The number of benzene rings is 2. The second-order valence-electron chi connectivity index (χ2n) is 8.86. The highest BCUT2D eigenvalue weighted by atomic mass is 16.5. The molecule has 0 aromatic heterocycles. The molecule has 2 aromatic carbocycles. The largest absolute Gasteiger partial charge is 0.493 e. The van der Waals surface area contributed by atoms with Crippen molar-refractivity contribution in [2.45, 2.75) is 38.5 Å². The molecule has 2 aliphatic heterocycles. The van der Waals surface area contributed by atoms with Gasteiger partial charge in [-0.05, 0) is 43.5 Å². The molecule has 1 amide bonds. The lowest BCUT2D eigenvalue weighted by molar-refractivity contribution is -0.118. The molecule has 32 heavy (non-hydrogen) atoms. The number of nitrogens with one attached hydrogen (secondary N) is 1. The lowest BCUT2D eigenvalue weighted by Gasteiger charge is -2.34. The van der Waals surface area contributed by atoms with Gasteiger partial charge < -0.3 is 19.9 Å². The fraction of sp³-hybridized carbons (Fsp3) is 0.480. The molecule has 4 rings (SSSR count). The predicted octanol–water partition coefficient (Wildman–Crippen LogP) is 2.45. The molecule has 2 aliphatic rings. The number of nitrogens with zero attached hydrogens (tertiary/aromatic N) is 2. The number of β-amino-alcohol motifs (C(OH)–C–C–N with tert-alkyl or cyclic N) is 1. The van der Waals surface area contributed by atoms with E-state index in [0.717, 1.165) is 36.3 Å². The Hall–Kier alpha value is -2.61. The van der Waals surface area contributed by atoms with Crippen molar-refractivity contribution >= 4 is 11.6 Å². The number of para-hydroxylation sites is 3. The summed E-state index contributed by atoms with van der Waals surface area (Å²) in [6, 6.07) is 14.2. The number of likely N-dealkylation sites (tertiary alicyclic amines) is 2. The van der Waals surface area contributed by atoms with Gasteiger partial charge in [-0.25, -0.2) is 0 Å². The third-order valence-corrected chi connectivity index (χ3v) is 6.51. The summed E-state index contributed by atoms with van der Waals surface area (Å²) in [5.74, 6) is 1.33. The van der Waals surface area contributed by atoms with E-state index in [1.165, 1.54) is 0 Å². The molecule has 7 heteroatoms. The zero-order chi connectivity index (χ0) is 22.7. The van der Waals surface area contributed by atoms with E-state index in [9.17, 15) is 9.90 Å². The van der Waals surface area contributed by atoms with Crippen molar-refractivity contribution in [3.8, 4) is 11.5 Å².